The Morgan fingerprint density at radius 2 is 1.88 bits per heavy atom. The fourth-order valence-electron chi connectivity index (χ4n) is 1.23. The van der Waals surface area contributed by atoms with E-state index in [1.807, 2.05) is 0 Å². The van der Waals surface area contributed by atoms with E-state index >= 15 is 0 Å². The Hall–Kier alpha value is -1.85. The van der Waals surface area contributed by atoms with Gasteiger partial charge in [0.15, 0.2) is 11.6 Å². The molecular weight excluding hydrogens is 216 g/mol. The Labute approximate surface area is 91.8 Å². The topological polar surface area (TPSA) is 67.2 Å². The molecule has 1 unspecified atom stereocenters. The number of anilines is 2. The summed E-state index contributed by atoms with van der Waals surface area (Å²) in [5.74, 6) is -2.02. The second-order valence-corrected chi connectivity index (χ2v) is 3.34. The largest absolute Gasteiger partial charge is 0.399 e. The summed E-state index contributed by atoms with van der Waals surface area (Å²) in [4.78, 5) is 11.2. The number of hydrogen-bond acceptors (Lipinski definition) is 3. The van der Waals surface area contributed by atoms with Crippen molar-refractivity contribution in [3.8, 4) is 0 Å². The fraction of sp³-hybridized carbons (Fsp3) is 0.300. The van der Waals surface area contributed by atoms with Crippen LogP contribution in [0, 0.1) is 11.6 Å². The maximum Gasteiger partial charge on any atom is 0.241 e. The minimum Gasteiger partial charge on any atom is -0.399 e. The highest BCUT2D eigenvalue weighted by Gasteiger charge is 2.16. The molecule has 0 radical (unpaired) electrons. The molecule has 4 N–H and O–H groups in total. The first-order valence-corrected chi connectivity index (χ1v) is 4.68. The third kappa shape index (κ3) is 2.59. The molecule has 1 aromatic rings. The molecule has 0 aliphatic carbocycles. The highest BCUT2D eigenvalue weighted by molar-refractivity contribution is 5.84. The fourth-order valence-corrected chi connectivity index (χ4v) is 1.23. The molecule has 0 saturated heterocycles. The SMILES string of the molecule is CNC(=O)C(C)Nc1c(F)cc(N)cc1F. The van der Waals surface area contributed by atoms with Crippen molar-refractivity contribution in [1.29, 1.82) is 0 Å². The monoisotopic (exact) mass is 229 g/mol. The van der Waals surface area contributed by atoms with Gasteiger partial charge < -0.3 is 16.4 Å². The number of nitrogens with one attached hydrogen (secondary N) is 2. The summed E-state index contributed by atoms with van der Waals surface area (Å²) < 4.78 is 26.6. The van der Waals surface area contributed by atoms with Gasteiger partial charge in [0.25, 0.3) is 0 Å². The van der Waals surface area contributed by atoms with Crippen LogP contribution in [-0.4, -0.2) is 19.0 Å². The zero-order valence-corrected chi connectivity index (χ0v) is 8.97. The van der Waals surface area contributed by atoms with Gasteiger partial charge in [0.05, 0.1) is 0 Å². The number of nitrogen functional groups attached to an aromatic ring is 1. The first kappa shape index (κ1) is 12.2. The van der Waals surface area contributed by atoms with E-state index in [2.05, 4.69) is 10.6 Å². The number of carbonyl (C=O) groups is 1. The van der Waals surface area contributed by atoms with Gasteiger partial charge in [-0.25, -0.2) is 8.78 Å². The van der Waals surface area contributed by atoms with Crippen LogP contribution in [0.1, 0.15) is 6.92 Å². The number of benzene rings is 1. The molecule has 4 nitrogen and oxygen atoms in total. The van der Waals surface area contributed by atoms with Crippen LogP contribution in [0.2, 0.25) is 0 Å². The number of nitrogens with two attached hydrogens (primary N) is 1. The van der Waals surface area contributed by atoms with E-state index in [4.69, 9.17) is 5.73 Å². The van der Waals surface area contributed by atoms with Gasteiger partial charge in [-0.2, -0.15) is 0 Å². The average Bonchev–Trinajstić information content (AvgIpc) is 2.21. The quantitative estimate of drug-likeness (QED) is 0.680. The Bertz CT molecular complexity index is 386. The maximum atomic E-state index is 13.3. The smallest absolute Gasteiger partial charge is 0.241 e. The molecule has 0 fully saturated rings. The van der Waals surface area contributed by atoms with Crippen LogP contribution < -0.4 is 16.4 Å². The molecule has 0 heterocycles. The molecule has 0 saturated carbocycles. The van der Waals surface area contributed by atoms with Crippen molar-refractivity contribution >= 4 is 17.3 Å². The third-order valence-electron chi connectivity index (χ3n) is 2.06. The van der Waals surface area contributed by atoms with E-state index in [0.29, 0.717) is 0 Å². The molecule has 6 heteroatoms. The van der Waals surface area contributed by atoms with Crippen molar-refractivity contribution in [2.45, 2.75) is 13.0 Å². The Kier molecular flexibility index (Phi) is 3.65. The Balaban J connectivity index is 2.93. The molecule has 0 aromatic heterocycles. The molecule has 88 valence electrons. The first-order valence-electron chi connectivity index (χ1n) is 4.68. The van der Waals surface area contributed by atoms with Crippen LogP contribution in [0.5, 0.6) is 0 Å². The lowest BCUT2D eigenvalue weighted by molar-refractivity contribution is -0.121. The van der Waals surface area contributed by atoms with E-state index in [9.17, 15) is 13.6 Å². The van der Waals surface area contributed by atoms with Crippen LogP contribution >= 0.6 is 0 Å². The van der Waals surface area contributed by atoms with Gasteiger partial charge in [-0.15, -0.1) is 0 Å². The predicted molar refractivity (Wildman–Crippen MR) is 57.9 cm³/mol. The molecule has 1 rings (SSSR count). The van der Waals surface area contributed by atoms with Gasteiger partial charge in [0, 0.05) is 12.7 Å². The highest BCUT2D eigenvalue weighted by Crippen LogP contribution is 2.22. The zero-order valence-electron chi connectivity index (χ0n) is 8.97. The zero-order chi connectivity index (χ0) is 12.3. The van der Waals surface area contributed by atoms with Gasteiger partial charge in [0.2, 0.25) is 5.91 Å². The van der Waals surface area contributed by atoms with E-state index in [1.165, 1.54) is 14.0 Å². The summed E-state index contributed by atoms with van der Waals surface area (Å²) in [5.41, 5.74) is 4.90. The summed E-state index contributed by atoms with van der Waals surface area (Å²) >= 11 is 0. The van der Waals surface area contributed by atoms with Crippen LogP contribution in [0.3, 0.4) is 0 Å². The number of hydrogen-bond donors (Lipinski definition) is 3. The second kappa shape index (κ2) is 4.78. The van der Waals surface area contributed by atoms with Crippen LogP contribution in [-0.2, 0) is 4.79 Å². The van der Waals surface area contributed by atoms with Crippen molar-refractivity contribution in [1.82, 2.24) is 5.32 Å². The van der Waals surface area contributed by atoms with Crippen LogP contribution in [0.4, 0.5) is 20.2 Å². The predicted octanol–water partition coefficient (Wildman–Crippen LogP) is 1.09. The standard InChI is InChI=1S/C10H13F2N3O/c1-5(10(16)14-2)15-9-7(11)3-6(13)4-8(9)12/h3-5,15H,13H2,1-2H3,(H,14,16). The summed E-state index contributed by atoms with van der Waals surface area (Å²) in [6.07, 6.45) is 0. The third-order valence-corrected chi connectivity index (χ3v) is 2.06. The molecule has 0 aliphatic heterocycles. The summed E-state index contributed by atoms with van der Waals surface area (Å²) in [6, 6.07) is 1.24. The molecule has 16 heavy (non-hydrogen) atoms. The van der Waals surface area contributed by atoms with Gasteiger partial charge in [-0.05, 0) is 19.1 Å². The van der Waals surface area contributed by atoms with Crippen LogP contribution in [0.15, 0.2) is 12.1 Å². The number of halogens is 2. The first-order chi connectivity index (χ1) is 7.45. The summed E-state index contributed by atoms with van der Waals surface area (Å²) in [6.45, 7) is 1.49. The van der Waals surface area contributed by atoms with E-state index in [-0.39, 0.29) is 17.3 Å². The van der Waals surface area contributed by atoms with Gasteiger partial charge >= 0.3 is 0 Å². The van der Waals surface area contributed by atoms with Crippen molar-refractivity contribution in [2.75, 3.05) is 18.1 Å². The molecule has 1 amide bonds. The number of amides is 1. The molecule has 0 spiro atoms. The minimum atomic E-state index is -0.826. The maximum absolute atomic E-state index is 13.3. The lowest BCUT2D eigenvalue weighted by Gasteiger charge is -2.15. The molecule has 1 aromatic carbocycles. The lowest BCUT2D eigenvalue weighted by atomic mass is 10.2. The number of likely N-dealkylation sites (N-methyl/N-ethyl adjacent to an activating group) is 1. The normalized spacial score (nSPS) is 12.0. The second-order valence-electron chi connectivity index (χ2n) is 3.34. The minimum absolute atomic E-state index is 0.00635. The number of carbonyl (C=O) groups excluding carboxylic acids is 1. The van der Waals surface area contributed by atoms with E-state index < -0.39 is 17.7 Å². The van der Waals surface area contributed by atoms with Crippen molar-refractivity contribution in [3.05, 3.63) is 23.8 Å². The molecule has 0 aliphatic rings. The highest BCUT2D eigenvalue weighted by atomic mass is 19.1. The van der Waals surface area contributed by atoms with Gasteiger partial charge in [0.1, 0.15) is 11.7 Å². The van der Waals surface area contributed by atoms with Gasteiger partial charge in [-0.3, -0.25) is 4.79 Å². The van der Waals surface area contributed by atoms with Crippen molar-refractivity contribution < 1.29 is 13.6 Å². The molecule has 1 atom stereocenters. The number of rotatable bonds is 3. The van der Waals surface area contributed by atoms with E-state index in [1.54, 1.807) is 0 Å². The Morgan fingerprint density at radius 3 is 2.31 bits per heavy atom. The van der Waals surface area contributed by atoms with Crippen LogP contribution in [0.25, 0.3) is 0 Å². The van der Waals surface area contributed by atoms with Crippen molar-refractivity contribution in [3.63, 3.8) is 0 Å². The lowest BCUT2D eigenvalue weighted by Crippen LogP contribution is -2.35. The molecular formula is C10H13F2N3O. The average molecular weight is 229 g/mol. The summed E-state index contributed by atoms with van der Waals surface area (Å²) in [7, 11) is 1.44. The van der Waals surface area contributed by atoms with E-state index in [0.717, 1.165) is 12.1 Å². The van der Waals surface area contributed by atoms with Crippen molar-refractivity contribution in [2.24, 2.45) is 0 Å². The van der Waals surface area contributed by atoms with Gasteiger partial charge in [-0.1, -0.05) is 0 Å². The summed E-state index contributed by atoms with van der Waals surface area (Å²) in [5, 5.41) is 4.80. The molecule has 0 bridgehead atoms. The Morgan fingerprint density at radius 1 is 1.38 bits per heavy atom.